The van der Waals surface area contributed by atoms with Crippen LogP contribution in [0.4, 0.5) is 4.79 Å². The number of carbonyl (C=O) groups excluding carboxylic acids is 1. The van der Waals surface area contributed by atoms with E-state index in [0.29, 0.717) is 12.3 Å². The van der Waals surface area contributed by atoms with Crippen LogP contribution in [0, 0.1) is 11.8 Å². The minimum atomic E-state index is -0.852. The van der Waals surface area contributed by atoms with Crippen LogP contribution < -0.4 is 10.6 Å². The van der Waals surface area contributed by atoms with Crippen LogP contribution in [0.3, 0.4) is 0 Å². The van der Waals surface area contributed by atoms with Crippen molar-refractivity contribution in [2.45, 2.75) is 59.4 Å². The van der Waals surface area contributed by atoms with Gasteiger partial charge in [-0.05, 0) is 25.2 Å². The molecule has 0 spiro atoms. The van der Waals surface area contributed by atoms with Crippen molar-refractivity contribution < 1.29 is 14.7 Å². The van der Waals surface area contributed by atoms with Gasteiger partial charge in [-0.1, -0.05) is 34.1 Å². The molecule has 0 rings (SSSR count). The van der Waals surface area contributed by atoms with Gasteiger partial charge in [0, 0.05) is 12.6 Å². The van der Waals surface area contributed by atoms with Crippen LogP contribution in [-0.2, 0) is 4.79 Å². The first-order chi connectivity index (χ1) is 8.90. The van der Waals surface area contributed by atoms with Crippen LogP contribution in [0.5, 0.6) is 0 Å². The lowest BCUT2D eigenvalue weighted by atomic mass is 9.97. The van der Waals surface area contributed by atoms with Crippen molar-refractivity contribution in [3.63, 3.8) is 0 Å². The van der Waals surface area contributed by atoms with Crippen molar-refractivity contribution in [3.05, 3.63) is 0 Å². The molecule has 2 amide bonds. The van der Waals surface area contributed by atoms with E-state index in [9.17, 15) is 9.59 Å². The summed E-state index contributed by atoms with van der Waals surface area (Å²) in [5, 5.41) is 14.6. The van der Waals surface area contributed by atoms with Crippen LogP contribution in [0.15, 0.2) is 0 Å². The van der Waals surface area contributed by atoms with Gasteiger partial charge >= 0.3 is 12.0 Å². The predicted molar refractivity (Wildman–Crippen MR) is 76.1 cm³/mol. The maximum Gasteiger partial charge on any atom is 0.315 e. The molecule has 19 heavy (non-hydrogen) atoms. The van der Waals surface area contributed by atoms with E-state index >= 15 is 0 Å². The van der Waals surface area contributed by atoms with Gasteiger partial charge in [-0.3, -0.25) is 4.79 Å². The first-order valence-corrected chi connectivity index (χ1v) is 7.17. The largest absolute Gasteiger partial charge is 0.481 e. The minimum absolute atomic E-state index is 0.165. The molecule has 2 atom stereocenters. The Kier molecular flexibility index (Phi) is 9.00. The van der Waals surface area contributed by atoms with E-state index in [4.69, 9.17) is 5.11 Å². The van der Waals surface area contributed by atoms with E-state index in [-0.39, 0.29) is 18.6 Å². The van der Waals surface area contributed by atoms with Crippen molar-refractivity contribution in [2.24, 2.45) is 11.8 Å². The highest BCUT2D eigenvalue weighted by Crippen LogP contribution is 2.11. The molecule has 0 aliphatic rings. The molecule has 2 unspecified atom stereocenters. The molecule has 0 fully saturated rings. The minimum Gasteiger partial charge on any atom is -0.481 e. The molecular weight excluding hydrogens is 244 g/mol. The number of hydrogen-bond acceptors (Lipinski definition) is 2. The number of urea groups is 1. The van der Waals surface area contributed by atoms with E-state index in [1.54, 1.807) is 0 Å². The molecule has 5 nitrogen and oxygen atoms in total. The fourth-order valence-electron chi connectivity index (χ4n) is 2.02. The molecule has 3 N–H and O–H groups in total. The van der Waals surface area contributed by atoms with E-state index < -0.39 is 11.9 Å². The average molecular weight is 272 g/mol. The zero-order chi connectivity index (χ0) is 14.8. The molecule has 0 aromatic heterocycles. The SMILES string of the molecule is CCCC(CC)NC(=O)NCC(CC(C)C)C(=O)O. The molecular formula is C14H28N2O3. The lowest BCUT2D eigenvalue weighted by molar-refractivity contribution is -0.142. The van der Waals surface area contributed by atoms with Crippen molar-refractivity contribution >= 4 is 12.0 Å². The van der Waals surface area contributed by atoms with Crippen LogP contribution in [0.2, 0.25) is 0 Å². The molecule has 0 aromatic rings. The van der Waals surface area contributed by atoms with Gasteiger partial charge in [-0.2, -0.15) is 0 Å². The third-order valence-corrected chi connectivity index (χ3v) is 3.08. The number of carbonyl (C=O) groups is 2. The predicted octanol–water partition coefficient (Wildman–Crippen LogP) is 2.61. The summed E-state index contributed by atoms with van der Waals surface area (Å²) >= 11 is 0. The Morgan fingerprint density at radius 3 is 2.26 bits per heavy atom. The van der Waals surface area contributed by atoms with Crippen LogP contribution in [0.1, 0.15) is 53.4 Å². The number of amides is 2. The summed E-state index contributed by atoms with van der Waals surface area (Å²) in [5.41, 5.74) is 0. The lowest BCUT2D eigenvalue weighted by Crippen LogP contribution is -2.44. The molecule has 0 saturated heterocycles. The number of carboxylic acids is 1. The van der Waals surface area contributed by atoms with Crippen molar-refractivity contribution in [1.82, 2.24) is 10.6 Å². The van der Waals surface area contributed by atoms with Crippen LogP contribution >= 0.6 is 0 Å². The second-order valence-corrected chi connectivity index (χ2v) is 5.41. The molecule has 0 aliphatic heterocycles. The molecule has 0 saturated carbocycles. The average Bonchev–Trinajstić information content (AvgIpc) is 2.33. The van der Waals surface area contributed by atoms with E-state index in [0.717, 1.165) is 19.3 Å². The number of nitrogens with one attached hydrogen (secondary N) is 2. The Morgan fingerprint density at radius 1 is 1.21 bits per heavy atom. The Balaban J connectivity index is 4.13. The topological polar surface area (TPSA) is 78.4 Å². The van der Waals surface area contributed by atoms with Crippen molar-refractivity contribution in [3.8, 4) is 0 Å². The zero-order valence-electron chi connectivity index (χ0n) is 12.5. The highest BCUT2D eigenvalue weighted by molar-refractivity contribution is 5.76. The van der Waals surface area contributed by atoms with E-state index in [1.807, 2.05) is 20.8 Å². The van der Waals surface area contributed by atoms with Crippen LogP contribution in [0.25, 0.3) is 0 Å². The molecule has 112 valence electrons. The Labute approximate surface area is 116 Å². The Bertz CT molecular complexity index is 280. The van der Waals surface area contributed by atoms with Gasteiger partial charge in [-0.15, -0.1) is 0 Å². The monoisotopic (exact) mass is 272 g/mol. The van der Waals surface area contributed by atoms with Gasteiger partial charge in [0.1, 0.15) is 0 Å². The first-order valence-electron chi connectivity index (χ1n) is 7.17. The third kappa shape index (κ3) is 8.46. The van der Waals surface area contributed by atoms with Gasteiger partial charge in [-0.25, -0.2) is 4.79 Å². The summed E-state index contributed by atoms with van der Waals surface area (Å²) < 4.78 is 0. The number of carboxylic acid groups (broad SMARTS) is 1. The molecule has 0 aromatic carbocycles. The maximum absolute atomic E-state index is 11.7. The second-order valence-electron chi connectivity index (χ2n) is 5.41. The molecule has 0 bridgehead atoms. The maximum atomic E-state index is 11.7. The number of rotatable bonds is 9. The summed E-state index contributed by atoms with van der Waals surface area (Å²) in [7, 11) is 0. The normalized spacial score (nSPS) is 13.9. The second kappa shape index (κ2) is 9.64. The van der Waals surface area contributed by atoms with Gasteiger partial charge in [0.05, 0.1) is 5.92 Å². The third-order valence-electron chi connectivity index (χ3n) is 3.08. The van der Waals surface area contributed by atoms with E-state index in [2.05, 4.69) is 17.6 Å². The highest BCUT2D eigenvalue weighted by Gasteiger charge is 2.20. The van der Waals surface area contributed by atoms with Crippen molar-refractivity contribution in [2.75, 3.05) is 6.54 Å². The van der Waals surface area contributed by atoms with Gasteiger partial charge in [0.15, 0.2) is 0 Å². The number of aliphatic carboxylic acids is 1. The summed E-state index contributed by atoms with van der Waals surface area (Å²) in [6.07, 6.45) is 3.42. The van der Waals surface area contributed by atoms with Crippen LogP contribution in [-0.4, -0.2) is 29.7 Å². The summed E-state index contributed by atoms with van der Waals surface area (Å²) in [6.45, 7) is 8.24. The fourth-order valence-corrected chi connectivity index (χ4v) is 2.02. The highest BCUT2D eigenvalue weighted by atomic mass is 16.4. The standard InChI is InChI=1S/C14H28N2O3/c1-5-7-12(6-2)16-14(19)15-9-11(13(17)18)8-10(3)4/h10-12H,5-9H2,1-4H3,(H,17,18)(H2,15,16,19). The van der Waals surface area contributed by atoms with Gasteiger partial charge < -0.3 is 15.7 Å². The molecule has 0 aliphatic carbocycles. The van der Waals surface area contributed by atoms with Crippen molar-refractivity contribution in [1.29, 1.82) is 0 Å². The smallest absolute Gasteiger partial charge is 0.315 e. The Morgan fingerprint density at radius 2 is 1.84 bits per heavy atom. The molecule has 0 radical (unpaired) electrons. The first kappa shape index (κ1) is 17.7. The molecule has 0 heterocycles. The van der Waals surface area contributed by atoms with Gasteiger partial charge in [0.2, 0.25) is 0 Å². The summed E-state index contributed by atoms with van der Waals surface area (Å²) in [6, 6.07) is -0.103. The lowest BCUT2D eigenvalue weighted by Gasteiger charge is -2.19. The Hall–Kier alpha value is -1.26. The molecule has 5 heteroatoms. The fraction of sp³-hybridized carbons (Fsp3) is 0.857. The summed E-state index contributed by atoms with van der Waals surface area (Å²) in [5.74, 6) is -1.07. The summed E-state index contributed by atoms with van der Waals surface area (Å²) in [4.78, 5) is 22.7. The quantitative estimate of drug-likeness (QED) is 0.603. The van der Waals surface area contributed by atoms with Gasteiger partial charge in [0.25, 0.3) is 0 Å². The number of hydrogen-bond donors (Lipinski definition) is 3. The van der Waals surface area contributed by atoms with E-state index in [1.165, 1.54) is 0 Å². The zero-order valence-corrected chi connectivity index (χ0v) is 12.5.